The van der Waals surface area contributed by atoms with Crippen molar-refractivity contribution < 1.29 is 47.9 Å². The van der Waals surface area contributed by atoms with Crippen molar-refractivity contribution in [1.82, 2.24) is 9.62 Å². The Bertz CT molecular complexity index is 530. The predicted molar refractivity (Wildman–Crippen MR) is 70.2 cm³/mol. The molecule has 152 valence electrons. The summed E-state index contributed by atoms with van der Waals surface area (Å²) in [5.41, 5.74) is 0. The summed E-state index contributed by atoms with van der Waals surface area (Å²) in [7, 11) is -6.50. The molecule has 14 heteroatoms. The minimum atomic E-state index is -7.25. The summed E-state index contributed by atoms with van der Waals surface area (Å²) in [5, 5.41) is -6.69. The van der Waals surface area contributed by atoms with Crippen LogP contribution in [0.2, 0.25) is 0 Å². The second kappa shape index (κ2) is 7.86. The molecule has 0 aliphatic rings. The molecule has 0 saturated carbocycles. The van der Waals surface area contributed by atoms with Crippen LogP contribution < -0.4 is 4.72 Å². The Kier molecular flexibility index (Phi) is 7.62. The first-order valence-corrected chi connectivity index (χ1v) is 8.39. The van der Waals surface area contributed by atoms with Gasteiger partial charge in [0.1, 0.15) is 0 Å². The highest BCUT2D eigenvalue weighted by Crippen LogP contribution is 2.54. The summed E-state index contributed by atoms with van der Waals surface area (Å²) in [6, 6.07) is 0. The van der Waals surface area contributed by atoms with Crippen LogP contribution in [0, 0.1) is 0 Å². The van der Waals surface area contributed by atoms with Crippen LogP contribution in [0.15, 0.2) is 0 Å². The van der Waals surface area contributed by atoms with Crippen LogP contribution >= 0.6 is 0 Å². The third-order valence-corrected chi connectivity index (χ3v) is 4.81. The predicted octanol–water partition coefficient (Wildman–Crippen LogP) is 3.06. The topological polar surface area (TPSA) is 49.4 Å². The van der Waals surface area contributed by atoms with E-state index in [4.69, 9.17) is 0 Å². The van der Waals surface area contributed by atoms with Crippen LogP contribution in [-0.4, -0.2) is 62.8 Å². The van der Waals surface area contributed by atoms with Gasteiger partial charge in [-0.05, 0) is 26.1 Å². The van der Waals surface area contributed by atoms with Crippen LogP contribution in [0.1, 0.15) is 20.3 Å². The van der Waals surface area contributed by atoms with Gasteiger partial charge in [-0.15, -0.1) is 0 Å². The van der Waals surface area contributed by atoms with Crippen molar-refractivity contribution in [1.29, 1.82) is 0 Å². The van der Waals surface area contributed by atoms with E-state index in [1.165, 1.54) is 0 Å². The van der Waals surface area contributed by atoms with E-state index in [1.807, 2.05) is 0 Å². The molecular weight excluding hydrogens is 395 g/mol. The second-order valence-electron chi connectivity index (χ2n) is 4.94. The lowest BCUT2D eigenvalue weighted by Gasteiger charge is -2.33. The van der Waals surface area contributed by atoms with Crippen LogP contribution in [0.5, 0.6) is 0 Å². The van der Waals surface area contributed by atoms with Crippen molar-refractivity contribution in [3.63, 3.8) is 0 Å². The molecule has 0 aliphatic carbocycles. The Labute approximate surface area is 138 Å². The first-order valence-electron chi connectivity index (χ1n) is 6.91. The Balaban J connectivity index is 5.28. The standard InChI is InChI=1S/C11H17F9N2O2S/c1-3-22(4-2)7-5-6-21-25(23,24)11(19,20)9(14,15)8(12,13)10(16,17)18/h21H,3-7H2,1-2H3. The van der Waals surface area contributed by atoms with Gasteiger partial charge in [0.25, 0.3) is 10.0 Å². The third kappa shape index (κ3) is 4.70. The zero-order chi connectivity index (χ0) is 20.3. The summed E-state index contributed by atoms with van der Waals surface area (Å²) >= 11 is 0. The summed E-state index contributed by atoms with van der Waals surface area (Å²) in [6.45, 7) is 3.78. The maximum absolute atomic E-state index is 13.3. The summed E-state index contributed by atoms with van der Waals surface area (Å²) < 4.78 is 137. The van der Waals surface area contributed by atoms with Crippen LogP contribution in [-0.2, 0) is 10.0 Å². The lowest BCUT2D eigenvalue weighted by molar-refractivity contribution is -0.382. The van der Waals surface area contributed by atoms with Gasteiger partial charge in [-0.3, -0.25) is 0 Å². The highest BCUT2D eigenvalue weighted by atomic mass is 32.2. The van der Waals surface area contributed by atoms with Gasteiger partial charge < -0.3 is 4.90 Å². The molecule has 0 bridgehead atoms. The Morgan fingerprint density at radius 3 is 1.64 bits per heavy atom. The Morgan fingerprint density at radius 1 is 0.840 bits per heavy atom. The number of hydrogen-bond donors (Lipinski definition) is 1. The summed E-state index contributed by atoms with van der Waals surface area (Å²) in [4.78, 5) is 1.71. The van der Waals surface area contributed by atoms with E-state index in [9.17, 15) is 47.9 Å². The number of nitrogens with one attached hydrogen (secondary N) is 1. The van der Waals surface area contributed by atoms with E-state index in [-0.39, 0.29) is 13.0 Å². The SMILES string of the molecule is CCN(CC)CCCNS(=O)(=O)C(F)(F)C(F)(F)C(F)(F)C(F)(F)F. The fraction of sp³-hybridized carbons (Fsp3) is 1.00. The van der Waals surface area contributed by atoms with Gasteiger partial charge in [0.05, 0.1) is 0 Å². The zero-order valence-corrected chi connectivity index (χ0v) is 13.9. The van der Waals surface area contributed by atoms with Crippen molar-refractivity contribution in [3.05, 3.63) is 0 Å². The molecule has 0 heterocycles. The summed E-state index contributed by atoms with van der Waals surface area (Å²) in [6.07, 6.45) is -7.23. The van der Waals surface area contributed by atoms with Gasteiger partial charge >= 0.3 is 23.3 Å². The van der Waals surface area contributed by atoms with Gasteiger partial charge in [-0.25, -0.2) is 13.1 Å². The molecule has 0 fully saturated rings. The first-order chi connectivity index (χ1) is 11.0. The minimum Gasteiger partial charge on any atom is -0.304 e. The molecule has 0 spiro atoms. The first kappa shape index (κ1) is 24.2. The van der Waals surface area contributed by atoms with Crippen LogP contribution in [0.4, 0.5) is 39.5 Å². The fourth-order valence-electron chi connectivity index (χ4n) is 1.67. The maximum Gasteiger partial charge on any atom is 0.460 e. The van der Waals surface area contributed by atoms with E-state index in [0.717, 1.165) is 4.72 Å². The van der Waals surface area contributed by atoms with E-state index in [1.54, 1.807) is 18.7 Å². The molecule has 0 aromatic carbocycles. The lowest BCUT2D eigenvalue weighted by atomic mass is 10.1. The molecule has 0 aromatic rings. The van der Waals surface area contributed by atoms with Gasteiger partial charge in [0, 0.05) is 6.54 Å². The number of sulfonamides is 1. The molecule has 25 heavy (non-hydrogen) atoms. The highest BCUT2D eigenvalue weighted by molar-refractivity contribution is 7.90. The summed E-state index contributed by atoms with van der Waals surface area (Å²) in [5.74, 6) is -14.5. The average molecular weight is 412 g/mol. The molecule has 0 amide bonds. The third-order valence-electron chi connectivity index (χ3n) is 3.29. The molecule has 0 aromatic heterocycles. The van der Waals surface area contributed by atoms with Crippen molar-refractivity contribution in [2.45, 2.75) is 43.5 Å². The molecule has 0 unspecified atom stereocenters. The monoisotopic (exact) mass is 412 g/mol. The molecule has 0 saturated heterocycles. The molecule has 0 atom stereocenters. The maximum atomic E-state index is 13.3. The van der Waals surface area contributed by atoms with Crippen molar-refractivity contribution in [2.75, 3.05) is 26.2 Å². The van der Waals surface area contributed by atoms with E-state index in [2.05, 4.69) is 0 Å². The van der Waals surface area contributed by atoms with Crippen LogP contribution in [0.25, 0.3) is 0 Å². The van der Waals surface area contributed by atoms with Gasteiger partial charge in [0.15, 0.2) is 0 Å². The molecule has 0 rings (SSSR count). The number of rotatable bonds is 10. The van der Waals surface area contributed by atoms with Crippen molar-refractivity contribution in [3.8, 4) is 0 Å². The smallest absolute Gasteiger partial charge is 0.304 e. The largest absolute Gasteiger partial charge is 0.460 e. The molecular formula is C11H17F9N2O2S. The number of nitrogens with zero attached hydrogens (tertiary/aromatic N) is 1. The van der Waals surface area contributed by atoms with E-state index < -0.39 is 39.8 Å². The van der Waals surface area contributed by atoms with Crippen molar-refractivity contribution >= 4 is 10.0 Å². The lowest BCUT2D eigenvalue weighted by Crippen LogP contribution is -2.65. The second-order valence-corrected chi connectivity index (χ2v) is 6.75. The fourth-order valence-corrected chi connectivity index (χ4v) is 2.73. The van der Waals surface area contributed by atoms with Crippen molar-refractivity contribution in [2.24, 2.45) is 0 Å². The van der Waals surface area contributed by atoms with Gasteiger partial charge in [-0.2, -0.15) is 39.5 Å². The number of alkyl halides is 9. The molecule has 0 aliphatic heterocycles. The number of halogens is 9. The quantitative estimate of drug-likeness (QED) is 0.443. The molecule has 1 N–H and O–H groups in total. The van der Waals surface area contributed by atoms with Crippen LogP contribution in [0.3, 0.4) is 0 Å². The van der Waals surface area contributed by atoms with Gasteiger partial charge in [0.2, 0.25) is 0 Å². The minimum absolute atomic E-state index is 0.155. The van der Waals surface area contributed by atoms with Gasteiger partial charge in [-0.1, -0.05) is 13.8 Å². The molecule has 4 nitrogen and oxygen atoms in total. The normalized spacial score (nSPS) is 15.0. The Hall–Kier alpha value is -0.760. The average Bonchev–Trinajstić information content (AvgIpc) is 2.45. The van der Waals surface area contributed by atoms with E-state index >= 15 is 0 Å². The Morgan fingerprint density at radius 2 is 1.28 bits per heavy atom. The number of hydrogen-bond acceptors (Lipinski definition) is 3. The highest BCUT2D eigenvalue weighted by Gasteiger charge is 2.85. The molecule has 0 radical (unpaired) electrons. The zero-order valence-electron chi connectivity index (χ0n) is 13.1. The van der Waals surface area contributed by atoms with E-state index in [0.29, 0.717) is 13.1 Å².